The Hall–Kier alpha value is -1.84. The summed E-state index contributed by atoms with van der Waals surface area (Å²) in [4.78, 5) is 12.2. The van der Waals surface area contributed by atoms with Gasteiger partial charge in [0.2, 0.25) is 6.33 Å². The van der Waals surface area contributed by atoms with Crippen LogP contribution in [0.25, 0.3) is 11.4 Å². The summed E-state index contributed by atoms with van der Waals surface area (Å²) in [7, 11) is 1.93. The molecule has 0 saturated carbocycles. The first-order valence-electron chi connectivity index (χ1n) is 4.35. The summed E-state index contributed by atoms with van der Waals surface area (Å²) in [6, 6.07) is 1.96. The molecule has 4 heteroatoms. The Balaban J connectivity index is 2.61. The van der Waals surface area contributed by atoms with Gasteiger partial charge in [-0.25, -0.2) is 4.57 Å². The smallest absolute Gasteiger partial charge is 0.264 e. The highest BCUT2D eigenvalue weighted by molar-refractivity contribution is 5.55. The van der Waals surface area contributed by atoms with E-state index in [-0.39, 0.29) is 0 Å². The number of aromatic nitrogens is 4. The van der Waals surface area contributed by atoms with Crippen molar-refractivity contribution in [2.45, 2.75) is 6.92 Å². The van der Waals surface area contributed by atoms with Crippen LogP contribution in [0, 0.1) is 6.92 Å². The Kier molecular flexibility index (Phi) is 2.18. The molecule has 2 aromatic rings. The summed E-state index contributed by atoms with van der Waals surface area (Å²) < 4.78 is 1.89. The summed E-state index contributed by atoms with van der Waals surface area (Å²) in [5.41, 5.74) is 2.20. The highest BCUT2D eigenvalue weighted by atomic mass is 15.1. The average Bonchev–Trinajstić information content (AvgIpc) is 2.20. The van der Waals surface area contributed by atoms with Gasteiger partial charge in [0.25, 0.3) is 12.2 Å². The largest absolute Gasteiger partial charge is 0.273 e. The zero-order valence-corrected chi connectivity index (χ0v) is 8.18. The highest BCUT2D eigenvalue weighted by Gasteiger charge is 2.11. The summed E-state index contributed by atoms with van der Waals surface area (Å²) in [5, 5.41) is 0. The fraction of sp³-hybridized carbons (Fsp3) is 0.200. The molecule has 0 aliphatic rings. The van der Waals surface area contributed by atoms with Crippen LogP contribution in [0.1, 0.15) is 5.56 Å². The molecule has 0 fully saturated rings. The number of nitrogens with zero attached hydrogens (tertiary/aromatic N) is 4. The van der Waals surface area contributed by atoms with E-state index in [2.05, 4.69) is 15.0 Å². The van der Waals surface area contributed by atoms with E-state index in [1.807, 2.05) is 30.8 Å². The van der Waals surface area contributed by atoms with Crippen molar-refractivity contribution in [3.8, 4) is 11.4 Å². The molecule has 0 aliphatic heterocycles. The monoisotopic (exact) mass is 187 g/mol. The van der Waals surface area contributed by atoms with Gasteiger partial charge >= 0.3 is 0 Å². The van der Waals surface area contributed by atoms with Gasteiger partial charge in [0, 0.05) is 12.4 Å². The van der Waals surface area contributed by atoms with Crippen LogP contribution in [0.3, 0.4) is 0 Å². The zero-order chi connectivity index (χ0) is 9.97. The number of pyridine rings is 1. The summed E-state index contributed by atoms with van der Waals surface area (Å²) in [6.45, 7) is 2.02. The van der Waals surface area contributed by atoms with Crippen LogP contribution in [0.5, 0.6) is 0 Å². The van der Waals surface area contributed by atoms with E-state index >= 15 is 0 Å². The van der Waals surface area contributed by atoms with Crippen molar-refractivity contribution in [2.24, 2.45) is 7.05 Å². The van der Waals surface area contributed by atoms with E-state index in [9.17, 15) is 0 Å². The van der Waals surface area contributed by atoms with Gasteiger partial charge in [0.15, 0.2) is 0 Å². The van der Waals surface area contributed by atoms with E-state index in [0.29, 0.717) is 0 Å². The van der Waals surface area contributed by atoms with Crippen LogP contribution < -0.4 is 4.57 Å². The number of hydrogen-bond donors (Lipinski definition) is 0. The average molecular weight is 187 g/mol. The first-order chi connectivity index (χ1) is 6.79. The molecule has 4 nitrogen and oxygen atoms in total. The lowest BCUT2D eigenvalue weighted by Crippen LogP contribution is -2.32. The van der Waals surface area contributed by atoms with Gasteiger partial charge in [0.1, 0.15) is 0 Å². The summed E-state index contributed by atoms with van der Waals surface area (Å²) in [6.07, 6.45) is 6.89. The van der Waals surface area contributed by atoms with E-state index in [4.69, 9.17) is 0 Å². The van der Waals surface area contributed by atoms with Crippen LogP contribution in [0.2, 0.25) is 0 Å². The molecule has 0 amide bonds. The summed E-state index contributed by atoms with van der Waals surface area (Å²) in [5.74, 6) is 0.903. The van der Waals surface area contributed by atoms with Crippen molar-refractivity contribution in [1.82, 2.24) is 15.0 Å². The van der Waals surface area contributed by atoms with Gasteiger partial charge in [-0.1, -0.05) is 9.97 Å². The normalized spacial score (nSPS) is 10.1. The van der Waals surface area contributed by atoms with Crippen LogP contribution in [-0.2, 0) is 7.05 Å². The molecule has 0 spiro atoms. The third-order valence-corrected chi connectivity index (χ3v) is 2.08. The molecule has 14 heavy (non-hydrogen) atoms. The fourth-order valence-corrected chi connectivity index (χ4v) is 1.35. The van der Waals surface area contributed by atoms with Crippen LogP contribution in [0.4, 0.5) is 0 Å². The second-order valence-corrected chi connectivity index (χ2v) is 3.13. The minimum atomic E-state index is 0.903. The number of rotatable bonds is 1. The van der Waals surface area contributed by atoms with Crippen LogP contribution >= 0.6 is 0 Å². The molecule has 0 saturated heterocycles. The Morgan fingerprint density at radius 1 is 1.29 bits per heavy atom. The molecule has 2 heterocycles. The maximum absolute atomic E-state index is 4.23. The zero-order valence-electron chi connectivity index (χ0n) is 8.18. The SMILES string of the molecule is Cc1cnccc1-c1ncnc[n+]1C. The van der Waals surface area contributed by atoms with Crippen LogP contribution in [-0.4, -0.2) is 15.0 Å². The molecule has 0 radical (unpaired) electrons. The lowest BCUT2D eigenvalue weighted by molar-refractivity contribution is -0.666. The molecule has 0 aliphatic carbocycles. The highest BCUT2D eigenvalue weighted by Crippen LogP contribution is 2.15. The number of aryl methyl sites for hydroxylation is 2. The van der Waals surface area contributed by atoms with E-state index in [1.54, 1.807) is 18.9 Å². The molecule has 0 atom stereocenters. The quantitative estimate of drug-likeness (QED) is 0.616. The van der Waals surface area contributed by atoms with E-state index in [1.165, 1.54) is 0 Å². The van der Waals surface area contributed by atoms with Gasteiger partial charge in [-0.15, -0.1) is 0 Å². The maximum Gasteiger partial charge on any atom is 0.273 e. The van der Waals surface area contributed by atoms with E-state index < -0.39 is 0 Å². The molecule has 2 rings (SSSR count). The van der Waals surface area contributed by atoms with Crippen molar-refractivity contribution in [1.29, 1.82) is 0 Å². The Bertz CT molecular complexity index is 410. The Morgan fingerprint density at radius 3 is 2.86 bits per heavy atom. The predicted molar refractivity (Wildman–Crippen MR) is 51.2 cm³/mol. The molecule has 70 valence electrons. The predicted octanol–water partition coefficient (Wildman–Crippen LogP) is 0.672. The van der Waals surface area contributed by atoms with Crippen molar-refractivity contribution in [3.63, 3.8) is 0 Å². The Labute approximate surface area is 82.3 Å². The van der Waals surface area contributed by atoms with Crippen molar-refractivity contribution in [3.05, 3.63) is 36.7 Å². The van der Waals surface area contributed by atoms with Gasteiger partial charge in [0.05, 0.1) is 12.6 Å². The maximum atomic E-state index is 4.23. The third kappa shape index (κ3) is 1.46. The van der Waals surface area contributed by atoms with Crippen molar-refractivity contribution >= 4 is 0 Å². The summed E-state index contributed by atoms with van der Waals surface area (Å²) >= 11 is 0. The van der Waals surface area contributed by atoms with Crippen molar-refractivity contribution < 1.29 is 4.57 Å². The second-order valence-electron chi connectivity index (χ2n) is 3.13. The van der Waals surface area contributed by atoms with Gasteiger partial charge < -0.3 is 0 Å². The lowest BCUT2D eigenvalue weighted by Gasteiger charge is -2.01. The van der Waals surface area contributed by atoms with E-state index in [0.717, 1.165) is 17.0 Å². The van der Waals surface area contributed by atoms with Gasteiger partial charge in [-0.3, -0.25) is 4.98 Å². The molecule has 0 N–H and O–H groups in total. The molecule has 0 unspecified atom stereocenters. The minimum Gasteiger partial charge on any atom is -0.264 e. The first-order valence-corrected chi connectivity index (χ1v) is 4.35. The Morgan fingerprint density at radius 2 is 2.14 bits per heavy atom. The molecule has 0 bridgehead atoms. The minimum absolute atomic E-state index is 0.903. The number of hydrogen-bond acceptors (Lipinski definition) is 3. The topological polar surface area (TPSA) is 42.6 Å². The molecular weight excluding hydrogens is 176 g/mol. The van der Waals surface area contributed by atoms with Crippen molar-refractivity contribution in [2.75, 3.05) is 0 Å². The fourth-order valence-electron chi connectivity index (χ4n) is 1.35. The second kappa shape index (κ2) is 3.49. The molecule has 2 aromatic heterocycles. The van der Waals surface area contributed by atoms with Gasteiger partial charge in [-0.2, -0.15) is 0 Å². The standard InChI is InChI=1S/C10H11N4/c1-8-5-11-4-3-9(8)10-13-6-12-7-14(10)2/h3-7H,1-2H3/q+1. The first kappa shape index (κ1) is 8.74. The van der Waals surface area contributed by atoms with Gasteiger partial charge in [-0.05, 0) is 18.6 Å². The molecular formula is C10H11N4+. The third-order valence-electron chi connectivity index (χ3n) is 2.08. The van der Waals surface area contributed by atoms with Crippen LogP contribution in [0.15, 0.2) is 31.1 Å². The molecule has 0 aromatic carbocycles. The lowest BCUT2D eigenvalue weighted by atomic mass is 10.1.